The molecule has 0 radical (unpaired) electrons. The van der Waals surface area contributed by atoms with E-state index in [4.69, 9.17) is 0 Å². The fourth-order valence-corrected chi connectivity index (χ4v) is 2.57. The number of rotatable bonds is 4. The molecule has 19 heavy (non-hydrogen) atoms. The van der Waals surface area contributed by atoms with Crippen molar-refractivity contribution in [1.29, 1.82) is 0 Å². The molecular formula is C13H13N5S. The average Bonchev–Trinajstić information content (AvgIpc) is 3.09. The molecule has 0 aliphatic carbocycles. The molecule has 3 aromatic rings. The van der Waals surface area contributed by atoms with Gasteiger partial charge in [-0.3, -0.25) is 0 Å². The van der Waals surface area contributed by atoms with Gasteiger partial charge < -0.3 is 5.32 Å². The number of nitrogens with zero attached hydrogens (tertiary/aromatic N) is 4. The first-order valence-corrected chi connectivity index (χ1v) is 6.79. The van der Waals surface area contributed by atoms with Crippen molar-refractivity contribution in [2.45, 2.75) is 13.5 Å². The van der Waals surface area contributed by atoms with Crippen LogP contribution in [0.3, 0.4) is 0 Å². The number of thiophene rings is 1. The van der Waals surface area contributed by atoms with Crippen LogP contribution in [0.1, 0.15) is 10.4 Å². The zero-order valence-corrected chi connectivity index (χ0v) is 11.3. The summed E-state index contributed by atoms with van der Waals surface area (Å²) in [6, 6.07) is 6.04. The third-order valence-electron chi connectivity index (χ3n) is 2.82. The summed E-state index contributed by atoms with van der Waals surface area (Å²) in [5, 5.41) is 9.51. The fourth-order valence-electron chi connectivity index (χ4n) is 1.72. The highest BCUT2D eigenvalue weighted by Crippen LogP contribution is 2.17. The fraction of sp³-hybridized carbons (Fsp3) is 0.154. The van der Waals surface area contributed by atoms with Crippen molar-refractivity contribution in [2.24, 2.45) is 0 Å². The topological polar surface area (TPSA) is 55.6 Å². The first kappa shape index (κ1) is 11.9. The number of anilines is 1. The molecule has 0 aliphatic rings. The molecule has 0 fully saturated rings. The number of aromatic nitrogens is 4. The first-order valence-electron chi connectivity index (χ1n) is 5.91. The predicted molar refractivity (Wildman–Crippen MR) is 75.5 cm³/mol. The van der Waals surface area contributed by atoms with Crippen LogP contribution in [-0.2, 0) is 6.54 Å². The third-order valence-corrected chi connectivity index (χ3v) is 3.85. The van der Waals surface area contributed by atoms with Crippen LogP contribution in [-0.4, -0.2) is 19.7 Å². The molecule has 1 N–H and O–H groups in total. The van der Waals surface area contributed by atoms with Gasteiger partial charge in [0.05, 0.1) is 11.9 Å². The lowest BCUT2D eigenvalue weighted by molar-refractivity contribution is 0.845. The van der Waals surface area contributed by atoms with Crippen LogP contribution in [0.25, 0.3) is 5.82 Å². The molecule has 0 saturated carbocycles. The Kier molecular flexibility index (Phi) is 3.24. The van der Waals surface area contributed by atoms with Gasteiger partial charge in [0.25, 0.3) is 0 Å². The standard InChI is InChI=1S/C13H13N5S/c1-10-4-5-19-12(10)7-15-11-2-3-13(16-6-11)18-9-14-8-17-18/h2-6,8-9,15H,7H2,1H3. The van der Waals surface area contributed by atoms with E-state index in [0.717, 1.165) is 18.1 Å². The van der Waals surface area contributed by atoms with Crippen LogP contribution in [0.5, 0.6) is 0 Å². The van der Waals surface area contributed by atoms with Crippen LogP contribution in [0.4, 0.5) is 5.69 Å². The van der Waals surface area contributed by atoms with Gasteiger partial charge in [-0.1, -0.05) is 0 Å². The van der Waals surface area contributed by atoms with Crippen molar-refractivity contribution in [3.05, 3.63) is 52.9 Å². The second-order valence-electron chi connectivity index (χ2n) is 4.13. The normalized spacial score (nSPS) is 10.6. The van der Waals surface area contributed by atoms with Gasteiger partial charge >= 0.3 is 0 Å². The summed E-state index contributed by atoms with van der Waals surface area (Å²) < 4.78 is 1.63. The smallest absolute Gasteiger partial charge is 0.155 e. The van der Waals surface area contributed by atoms with Gasteiger partial charge in [0.15, 0.2) is 5.82 Å². The molecule has 3 aromatic heterocycles. The lowest BCUT2D eigenvalue weighted by Crippen LogP contribution is -2.01. The van der Waals surface area contributed by atoms with Crippen molar-refractivity contribution in [2.75, 3.05) is 5.32 Å². The second kappa shape index (κ2) is 5.19. The molecule has 5 nitrogen and oxygen atoms in total. The van der Waals surface area contributed by atoms with E-state index in [1.54, 1.807) is 28.5 Å². The van der Waals surface area contributed by atoms with Crippen LogP contribution < -0.4 is 5.32 Å². The van der Waals surface area contributed by atoms with Crippen molar-refractivity contribution in [1.82, 2.24) is 19.7 Å². The molecule has 3 heterocycles. The summed E-state index contributed by atoms with van der Waals surface area (Å²) in [4.78, 5) is 9.59. The molecule has 0 amide bonds. The Balaban J connectivity index is 1.68. The Hall–Kier alpha value is -2.21. The minimum atomic E-state index is 0.760. The lowest BCUT2D eigenvalue weighted by atomic mass is 10.3. The second-order valence-corrected chi connectivity index (χ2v) is 5.13. The number of hydrogen-bond acceptors (Lipinski definition) is 5. The Labute approximate surface area is 115 Å². The van der Waals surface area contributed by atoms with Crippen molar-refractivity contribution in [3.63, 3.8) is 0 Å². The average molecular weight is 271 g/mol. The van der Waals surface area contributed by atoms with Gasteiger partial charge in [0.2, 0.25) is 0 Å². The Bertz CT molecular complexity index is 642. The van der Waals surface area contributed by atoms with Crippen LogP contribution in [0, 0.1) is 6.92 Å². The predicted octanol–water partition coefficient (Wildman–Crippen LogP) is 2.64. The van der Waals surface area contributed by atoms with Crippen molar-refractivity contribution in [3.8, 4) is 5.82 Å². The van der Waals surface area contributed by atoms with E-state index in [9.17, 15) is 0 Å². The molecule has 0 aromatic carbocycles. The number of aryl methyl sites for hydroxylation is 1. The maximum absolute atomic E-state index is 4.34. The largest absolute Gasteiger partial charge is 0.379 e. The summed E-state index contributed by atoms with van der Waals surface area (Å²) in [6.45, 7) is 2.95. The van der Waals surface area contributed by atoms with Gasteiger partial charge in [-0.25, -0.2) is 14.6 Å². The molecule has 96 valence electrons. The molecule has 0 aliphatic heterocycles. The number of nitrogens with one attached hydrogen (secondary N) is 1. The minimum absolute atomic E-state index is 0.760. The molecule has 0 bridgehead atoms. The summed E-state index contributed by atoms with van der Waals surface area (Å²) in [6.07, 6.45) is 4.93. The summed E-state index contributed by atoms with van der Waals surface area (Å²) in [7, 11) is 0. The Morgan fingerprint density at radius 1 is 1.32 bits per heavy atom. The Morgan fingerprint density at radius 2 is 2.26 bits per heavy atom. The highest BCUT2D eigenvalue weighted by Gasteiger charge is 2.01. The van der Waals surface area contributed by atoms with Crippen molar-refractivity contribution < 1.29 is 0 Å². The monoisotopic (exact) mass is 271 g/mol. The zero-order valence-electron chi connectivity index (χ0n) is 10.4. The zero-order chi connectivity index (χ0) is 13.1. The van der Waals surface area contributed by atoms with Crippen molar-refractivity contribution >= 4 is 17.0 Å². The molecule has 0 saturated heterocycles. The third kappa shape index (κ3) is 2.63. The van der Waals surface area contributed by atoms with Gasteiger partial charge in [-0.15, -0.1) is 11.3 Å². The molecule has 0 atom stereocenters. The van der Waals surface area contributed by atoms with Crippen LogP contribution in [0.2, 0.25) is 0 Å². The van der Waals surface area contributed by atoms with Crippen LogP contribution >= 0.6 is 11.3 Å². The van der Waals surface area contributed by atoms with E-state index < -0.39 is 0 Å². The van der Waals surface area contributed by atoms with Gasteiger partial charge in [0.1, 0.15) is 12.7 Å². The first-order chi connectivity index (χ1) is 9.33. The quantitative estimate of drug-likeness (QED) is 0.792. The van der Waals surface area contributed by atoms with E-state index >= 15 is 0 Å². The SMILES string of the molecule is Cc1ccsc1CNc1ccc(-n2cncn2)nc1. The summed E-state index contributed by atoms with van der Waals surface area (Å²) >= 11 is 1.76. The minimum Gasteiger partial charge on any atom is -0.379 e. The maximum Gasteiger partial charge on any atom is 0.155 e. The summed E-state index contributed by atoms with van der Waals surface area (Å²) in [5.74, 6) is 0.760. The molecule has 0 unspecified atom stereocenters. The highest BCUT2D eigenvalue weighted by molar-refractivity contribution is 7.10. The molecular weight excluding hydrogens is 258 g/mol. The van der Waals surface area contributed by atoms with Gasteiger partial charge in [-0.2, -0.15) is 5.10 Å². The van der Waals surface area contributed by atoms with E-state index in [2.05, 4.69) is 38.8 Å². The summed E-state index contributed by atoms with van der Waals surface area (Å²) in [5.41, 5.74) is 2.32. The molecule has 3 rings (SSSR count). The Morgan fingerprint density at radius 3 is 2.89 bits per heavy atom. The molecule has 0 spiro atoms. The number of pyridine rings is 1. The van der Waals surface area contributed by atoms with E-state index in [1.165, 1.54) is 16.8 Å². The van der Waals surface area contributed by atoms with E-state index in [1.807, 2.05) is 12.1 Å². The van der Waals surface area contributed by atoms with Gasteiger partial charge in [-0.05, 0) is 36.1 Å². The van der Waals surface area contributed by atoms with E-state index in [-0.39, 0.29) is 0 Å². The van der Waals surface area contributed by atoms with Crippen LogP contribution in [0.15, 0.2) is 42.4 Å². The lowest BCUT2D eigenvalue weighted by Gasteiger charge is -2.06. The van der Waals surface area contributed by atoms with E-state index in [0.29, 0.717) is 0 Å². The maximum atomic E-state index is 4.34. The van der Waals surface area contributed by atoms with Gasteiger partial charge in [0, 0.05) is 11.4 Å². The highest BCUT2D eigenvalue weighted by atomic mass is 32.1. The molecule has 6 heteroatoms. The number of hydrogen-bond donors (Lipinski definition) is 1.